The van der Waals surface area contributed by atoms with Crippen LogP contribution in [0.3, 0.4) is 0 Å². The molecule has 2 unspecified atom stereocenters. The average molecular weight is 517 g/mol. The van der Waals surface area contributed by atoms with Crippen molar-refractivity contribution in [1.82, 2.24) is 20.5 Å². The number of carbonyl (C=O) groups excluding carboxylic acids is 1. The topological polar surface area (TPSA) is 78.9 Å². The van der Waals surface area contributed by atoms with Gasteiger partial charge in [0.25, 0.3) is 0 Å². The minimum atomic E-state index is 0. The SMILES string of the molecule is CCNC(=NCc1ccnc(OC(C)CC(C)C)c1)NC1CCC(=O)N(C)C1.I. The van der Waals surface area contributed by atoms with Crippen molar-refractivity contribution in [3.8, 4) is 5.88 Å². The van der Waals surface area contributed by atoms with Crippen molar-refractivity contribution in [2.45, 2.75) is 65.6 Å². The first-order valence-electron chi connectivity index (χ1n) is 10.3. The van der Waals surface area contributed by atoms with E-state index in [1.54, 1.807) is 11.1 Å². The number of amides is 1. The van der Waals surface area contributed by atoms with Gasteiger partial charge < -0.3 is 20.3 Å². The highest BCUT2D eigenvalue weighted by atomic mass is 127. The van der Waals surface area contributed by atoms with E-state index >= 15 is 0 Å². The maximum Gasteiger partial charge on any atom is 0.222 e. The molecule has 29 heavy (non-hydrogen) atoms. The summed E-state index contributed by atoms with van der Waals surface area (Å²) in [7, 11) is 1.85. The molecule has 1 fully saturated rings. The van der Waals surface area contributed by atoms with Crippen molar-refractivity contribution in [2.75, 3.05) is 20.1 Å². The number of piperidine rings is 1. The smallest absolute Gasteiger partial charge is 0.222 e. The summed E-state index contributed by atoms with van der Waals surface area (Å²) in [6.07, 6.45) is 4.31. The largest absolute Gasteiger partial charge is 0.475 e. The lowest BCUT2D eigenvalue weighted by Crippen LogP contribution is -2.51. The van der Waals surface area contributed by atoms with Gasteiger partial charge in [-0.05, 0) is 44.2 Å². The number of ether oxygens (including phenoxy) is 1. The zero-order chi connectivity index (χ0) is 20.5. The number of hydrogen-bond acceptors (Lipinski definition) is 4. The van der Waals surface area contributed by atoms with E-state index in [1.807, 2.05) is 26.1 Å². The Bertz CT molecular complexity index is 668. The van der Waals surface area contributed by atoms with E-state index in [9.17, 15) is 4.79 Å². The first-order valence-corrected chi connectivity index (χ1v) is 10.3. The molecule has 1 aromatic heterocycles. The summed E-state index contributed by atoms with van der Waals surface area (Å²) in [5.74, 6) is 2.20. The molecule has 7 nitrogen and oxygen atoms in total. The lowest BCUT2D eigenvalue weighted by molar-refractivity contribution is -0.132. The summed E-state index contributed by atoms with van der Waals surface area (Å²) >= 11 is 0. The van der Waals surface area contributed by atoms with Crippen molar-refractivity contribution in [1.29, 1.82) is 0 Å². The molecule has 0 aliphatic carbocycles. The summed E-state index contributed by atoms with van der Waals surface area (Å²) in [6.45, 7) is 10.5. The highest BCUT2D eigenvalue weighted by molar-refractivity contribution is 14.0. The van der Waals surface area contributed by atoms with E-state index < -0.39 is 0 Å². The first kappa shape index (κ1) is 25.5. The number of pyridine rings is 1. The quantitative estimate of drug-likeness (QED) is 0.315. The standard InChI is InChI=1S/C21H35N5O2.HI/c1-6-22-21(25-18-7-8-20(27)26(5)14-18)24-13-17-9-10-23-19(12-17)28-16(4)11-15(2)3;/h9-10,12,15-16,18H,6-8,11,13-14H2,1-5H3,(H2,22,24,25);1H. The fourth-order valence-electron chi connectivity index (χ4n) is 3.35. The van der Waals surface area contributed by atoms with E-state index in [-0.39, 0.29) is 42.0 Å². The maximum atomic E-state index is 11.7. The number of carbonyl (C=O) groups is 1. The molecule has 2 heterocycles. The predicted molar refractivity (Wildman–Crippen MR) is 128 cm³/mol. The number of likely N-dealkylation sites (N-methyl/N-ethyl adjacent to an activating group) is 1. The van der Waals surface area contributed by atoms with Gasteiger partial charge in [-0.1, -0.05) is 13.8 Å². The lowest BCUT2D eigenvalue weighted by atomic mass is 10.1. The van der Waals surface area contributed by atoms with Crippen LogP contribution in [-0.4, -0.2) is 54.0 Å². The summed E-state index contributed by atoms with van der Waals surface area (Å²) in [5, 5.41) is 6.73. The molecule has 2 atom stereocenters. The monoisotopic (exact) mass is 517 g/mol. The van der Waals surface area contributed by atoms with E-state index in [4.69, 9.17) is 9.73 Å². The molecule has 2 rings (SSSR count). The molecule has 1 aromatic rings. The molecular weight excluding hydrogens is 481 g/mol. The molecule has 0 bridgehead atoms. The predicted octanol–water partition coefficient (Wildman–Crippen LogP) is 3.19. The van der Waals surface area contributed by atoms with Crippen LogP contribution in [0.15, 0.2) is 23.3 Å². The first-order chi connectivity index (χ1) is 13.4. The highest BCUT2D eigenvalue weighted by Crippen LogP contribution is 2.15. The van der Waals surface area contributed by atoms with Crippen molar-refractivity contribution in [2.24, 2.45) is 10.9 Å². The lowest BCUT2D eigenvalue weighted by Gasteiger charge is -2.31. The number of aromatic nitrogens is 1. The number of likely N-dealkylation sites (tertiary alicyclic amines) is 1. The molecular formula is C21H36IN5O2. The third-order valence-corrected chi connectivity index (χ3v) is 4.66. The van der Waals surface area contributed by atoms with Crippen molar-refractivity contribution in [3.05, 3.63) is 23.9 Å². The third-order valence-electron chi connectivity index (χ3n) is 4.66. The Morgan fingerprint density at radius 3 is 2.83 bits per heavy atom. The zero-order valence-corrected chi connectivity index (χ0v) is 20.6. The summed E-state index contributed by atoms with van der Waals surface area (Å²) in [5.41, 5.74) is 1.05. The van der Waals surface area contributed by atoms with Gasteiger partial charge >= 0.3 is 0 Å². The number of aliphatic imine (C=N–C) groups is 1. The third kappa shape index (κ3) is 9.18. The van der Waals surface area contributed by atoms with Gasteiger partial charge in [-0.15, -0.1) is 24.0 Å². The minimum absolute atomic E-state index is 0. The number of nitrogens with zero attached hydrogens (tertiary/aromatic N) is 3. The maximum absolute atomic E-state index is 11.7. The zero-order valence-electron chi connectivity index (χ0n) is 18.3. The molecule has 0 saturated carbocycles. The Morgan fingerprint density at radius 1 is 1.41 bits per heavy atom. The Hall–Kier alpha value is -1.58. The Morgan fingerprint density at radius 2 is 2.17 bits per heavy atom. The number of halogens is 1. The molecule has 1 saturated heterocycles. The van der Waals surface area contributed by atoms with Crippen LogP contribution in [0.2, 0.25) is 0 Å². The second kappa shape index (κ2) is 12.9. The summed E-state index contributed by atoms with van der Waals surface area (Å²) < 4.78 is 5.94. The molecule has 0 radical (unpaired) electrons. The number of nitrogens with one attached hydrogen (secondary N) is 2. The van der Waals surface area contributed by atoms with E-state index in [2.05, 4.69) is 36.4 Å². The van der Waals surface area contributed by atoms with E-state index in [1.165, 1.54) is 0 Å². The van der Waals surface area contributed by atoms with Gasteiger partial charge in [0.15, 0.2) is 5.96 Å². The van der Waals surface area contributed by atoms with Crippen LogP contribution >= 0.6 is 24.0 Å². The van der Waals surface area contributed by atoms with Crippen LogP contribution in [-0.2, 0) is 11.3 Å². The fourth-order valence-corrected chi connectivity index (χ4v) is 3.35. The molecule has 0 aromatic carbocycles. The van der Waals surface area contributed by atoms with Crippen LogP contribution in [0, 0.1) is 5.92 Å². The van der Waals surface area contributed by atoms with Gasteiger partial charge in [0.05, 0.1) is 12.6 Å². The summed E-state index contributed by atoms with van der Waals surface area (Å²) in [4.78, 5) is 22.5. The number of hydrogen-bond donors (Lipinski definition) is 2. The normalized spacial score (nSPS) is 18.3. The minimum Gasteiger partial charge on any atom is -0.475 e. The van der Waals surface area contributed by atoms with Gasteiger partial charge in [-0.2, -0.15) is 0 Å². The van der Waals surface area contributed by atoms with Gasteiger partial charge in [0.2, 0.25) is 11.8 Å². The highest BCUT2D eigenvalue weighted by Gasteiger charge is 2.23. The van der Waals surface area contributed by atoms with Crippen LogP contribution in [0.1, 0.15) is 52.5 Å². The molecule has 2 N–H and O–H groups in total. The van der Waals surface area contributed by atoms with E-state index in [0.717, 1.165) is 30.9 Å². The van der Waals surface area contributed by atoms with Crippen LogP contribution < -0.4 is 15.4 Å². The van der Waals surface area contributed by atoms with Gasteiger partial charge in [0.1, 0.15) is 0 Å². The Kier molecular flexibility index (Phi) is 11.3. The fraction of sp³-hybridized carbons (Fsp3) is 0.667. The van der Waals surface area contributed by atoms with Gasteiger partial charge in [-0.3, -0.25) is 4.79 Å². The second-order valence-corrected chi connectivity index (χ2v) is 7.91. The average Bonchev–Trinajstić information content (AvgIpc) is 2.62. The van der Waals surface area contributed by atoms with Crippen molar-refractivity contribution >= 4 is 35.8 Å². The molecule has 8 heteroatoms. The summed E-state index contributed by atoms with van der Waals surface area (Å²) in [6, 6.07) is 4.13. The number of guanidine groups is 1. The van der Waals surface area contributed by atoms with Gasteiger partial charge in [-0.25, -0.2) is 9.98 Å². The number of rotatable bonds is 8. The molecule has 1 aliphatic heterocycles. The van der Waals surface area contributed by atoms with Gasteiger partial charge in [0, 0.05) is 44.9 Å². The second-order valence-electron chi connectivity index (χ2n) is 7.91. The van der Waals surface area contributed by atoms with E-state index in [0.29, 0.717) is 31.3 Å². The Labute approximate surface area is 192 Å². The van der Waals surface area contributed by atoms with Crippen LogP contribution in [0.25, 0.3) is 0 Å². The molecule has 0 spiro atoms. The van der Waals surface area contributed by atoms with Crippen molar-refractivity contribution in [3.63, 3.8) is 0 Å². The molecule has 1 amide bonds. The molecule has 1 aliphatic rings. The Balaban J connectivity index is 0.00000420. The van der Waals surface area contributed by atoms with Crippen LogP contribution in [0.5, 0.6) is 5.88 Å². The van der Waals surface area contributed by atoms with Crippen LogP contribution in [0.4, 0.5) is 0 Å². The molecule has 164 valence electrons. The van der Waals surface area contributed by atoms with Crippen molar-refractivity contribution < 1.29 is 9.53 Å².